The molecule has 0 spiro atoms. The Labute approximate surface area is 149 Å². The molecule has 0 aliphatic carbocycles. The maximum atomic E-state index is 12.2. The van der Waals surface area contributed by atoms with Crippen molar-refractivity contribution in [2.24, 2.45) is 0 Å². The van der Waals surface area contributed by atoms with E-state index in [2.05, 4.69) is 5.32 Å². The van der Waals surface area contributed by atoms with E-state index in [0.29, 0.717) is 18.7 Å². The molecule has 0 bridgehead atoms. The van der Waals surface area contributed by atoms with E-state index < -0.39 is 10.0 Å². The third-order valence-electron chi connectivity index (χ3n) is 3.76. The van der Waals surface area contributed by atoms with E-state index in [-0.39, 0.29) is 12.5 Å². The lowest BCUT2D eigenvalue weighted by atomic mass is 10.1. The second kappa shape index (κ2) is 8.16. The van der Waals surface area contributed by atoms with Crippen molar-refractivity contribution in [3.05, 3.63) is 65.2 Å². The van der Waals surface area contributed by atoms with E-state index in [4.69, 9.17) is 0 Å². The zero-order valence-corrected chi connectivity index (χ0v) is 15.6. The van der Waals surface area contributed by atoms with E-state index in [1.807, 2.05) is 50.2 Å². The minimum absolute atomic E-state index is 0.226. The van der Waals surface area contributed by atoms with Crippen LogP contribution in [0.5, 0.6) is 0 Å². The fraction of sp³-hybridized carbons (Fsp3) is 0.316. The van der Waals surface area contributed by atoms with Crippen molar-refractivity contribution in [1.29, 1.82) is 0 Å². The highest BCUT2D eigenvalue weighted by Crippen LogP contribution is 2.21. The van der Waals surface area contributed by atoms with Crippen LogP contribution >= 0.6 is 0 Å². The molecular weight excluding hydrogens is 336 g/mol. The molecule has 0 aliphatic rings. The van der Waals surface area contributed by atoms with Crippen LogP contribution in [0, 0.1) is 13.8 Å². The Morgan fingerprint density at radius 3 is 2.20 bits per heavy atom. The van der Waals surface area contributed by atoms with Gasteiger partial charge in [0.1, 0.15) is 6.54 Å². The standard InChI is InChI=1S/C19H24N2O3S/c1-15-11-16(2)13-18(12-15)21(25(3,23)24)14-19(22)20-10-9-17-7-5-4-6-8-17/h4-8,11-13H,9-10,14H2,1-3H3,(H,20,22). The monoisotopic (exact) mass is 360 g/mol. The van der Waals surface area contributed by atoms with Gasteiger partial charge in [0.25, 0.3) is 0 Å². The summed E-state index contributed by atoms with van der Waals surface area (Å²) in [6, 6.07) is 15.3. The summed E-state index contributed by atoms with van der Waals surface area (Å²) in [6.45, 7) is 4.04. The van der Waals surface area contributed by atoms with Gasteiger partial charge in [0.2, 0.25) is 15.9 Å². The zero-order chi connectivity index (χ0) is 18.4. The van der Waals surface area contributed by atoms with E-state index in [1.165, 1.54) is 0 Å². The largest absolute Gasteiger partial charge is 0.354 e. The predicted molar refractivity (Wildman–Crippen MR) is 101 cm³/mol. The number of amides is 1. The molecule has 0 saturated heterocycles. The maximum absolute atomic E-state index is 12.2. The average Bonchev–Trinajstić information content (AvgIpc) is 2.51. The van der Waals surface area contributed by atoms with Gasteiger partial charge in [-0.05, 0) is 49.1 Å². The maximum Gasteiger partial charge on any atom is 0.240 e. The molecule has 0 fully saturated rings. The Bertz CT molecular complexity index is 813. The molecule has 134 valence electrons. The Morgan fingerprint density at radius 1 is 1.04 bits per heavy atom. The number of carbonyl (C=O) groups is 1. The normalized spacial score (nSPS) is 11.2. The van der Waals surface area contributed by atoms with E-state index >= 15 is 0 Å². The molecule has 2 aromatic rings. The Morgan fingerprint density at radius 2 is 1.64 bits per heavy atom. The highest BCUT2D eigenvalue weighted by Gasteiger charge is 2.21. The van der Waals surface area contributed by atoms with Gasteiger partial charge in [-0.25, -0.2) is 8.42 Å². The Kier molecular flexibility index (Phi) is 6.20. The molecule has 2 rings (SSSR count). The summed E-state index contributed by atoms with van der Waals surface area (Å²) in [5.41, 5.74) is 3.54. The van der Waals surface area contributed by atoms with Crippen LogP contribution in [-0.2, 0) is 21.2 Å². The van der Waals surface area contributed by atoms with Crippen molar-refractivity contribution in [2.45, 2.75) is 20.3 Å². The second-order valence-corrected chi connectivity index (χ2v) is 8.11. The Hall–Kier alpha value is -2.34. The van der Waals surface area contributed by atoms with Gasteiger partial charge in [-0.2, -0.15) is 0 Å². The van der Waals surface area contributed by atoms with E-state index in [0.717, 1.165) is 27.3 Å². The first-order chi connectivity index (χ1) is 11.8. The van der Waals surface area contributed by atoms with E-state index in [1.54, 1.807) is 12.1 Å². The van der Waals surface area contributed by atoms with Crippen LogP contribution in [0.25, 0.3) is 0 Å². The number of nitrogens with zero attached hydrogens (tertiary/aromatic N) is 1. The molecule has 0 heterocycles. The van der Waals surface area contributed by atoms with Crippen molar-refractivity contribution in [3.8, 4) is 0 Å². The van der Waals surface area contributed by atoms with Gasteiger partial charge in [-0.3, -0.25) is 9.10 Å². The van der Waals surface area contributed by atoms with Gasteiger partial charge in [0.05, 0.1) is 11.9 Å². The number of aryl methyl sites for hydroxylation is 2. The minimum Gasteiger partial charge on any atom is -0.354 e. The van der Waals surface area contributed by atoms with Crippen molar-refractivity contribution in [3.63, 3.8) is 0 Å². The molecular formula is C19H24N2O3S. The average molecular weight is 360 g/mol. The number of hydrogen-bond donors (Lipinski definition) is 1. The summed E-state index contributed by atoms with van der Waals surface area (Å²) < 4.78 is 25.4. The molecule has 0 unspecified atom stereocenters. The summed E-state index contributed by atoms with van der Waals surface area (Å²) in [5.74, 6) is -0.319. The molecule has 0 saturated carbocycles. The first-order valence-electron chi connectivity index (χ1n) is 8.12. The number of anilines is 1. The SMILES string of the molecule is Cc1cc(C)cc(N(CC(=O)NCCc2ccccc2)S(C)(=O)=O)c1. The molecule has 1 N–H and O–H groups in total. The number of rotatable bonds is 7. The Balaban J connectivity index is 2.03. The highest BCUT2D eigenvalue weighted by atomic mass is 32.2. The minimum atomic E-state index is -3.55. The molecule has 5 nitrogen and oxygen atoms in total. The second-order valence-electron chi connectivity index (χ2n) is 6.20. The zero-order valence-electron chi connectivity index (χ0n) is 14.8. The van der Waals surface area contributed by atoms with Crippen LogP contribution in [-0.4, -0.2) is 33.7 Å². The lowest BCUT2D eigenvalue weighted by Gasteiger charge is -2.22. The van der Waals surface area contributed by atoms with Crippen LogP contribution in [0.4, 0.5) is 5.69 Å². The quantitative estimate of drug-likeness (QED) is 0.825. The number of sulfonamides is 1. The molecule has 0 aliphatic heterocycles. The third kappa shape index (κ3) is 5.90. The van der Waals surface area contributed by atoms with Crippen LogP contribution in [0.2, 0.25) is 0 Å². The predicted octanol–water partition coefficient (Wildman–Crippen LogP) is 2.43. The summed E-state index contributed by atoms with van der Waals surface area (Å²) in [5, 5.41) is 2.79. The van der Waals surface area contributed by atoms with Gasteiger partial charge >= 0.3 is 0 Å². The molecule has 25 heavy (non-hydrogen) atoms. The van der Waals surface area contributed by atoms with Gasteiger partial charge in [0, 0.05) is 6.54 Å². The first-order valence-corrected chi connectivity index (χ1v) is 9.97. The van der Waals surface area contributed by atoms with Crippen LogP contribution < -0.4 is 9.62 Å². The topological polar surface area (TPSA) is 66.5 Å². The lowest BCUT2D eigenvalue weighted by molar-refractivity contribution is -0.119. The fourth-order valence-corrected chi connectivity index (χ4v) is 3.51. The summed E-state index contributed by atoms with van der Waals surface area (Å²) in [7, 11) is -3.55. The molecule has 1 amide bonds. The third-order valence-corrected chi connectivity index (χ3v) is 4.90. The van der Waals surface area contributed by atoms with Gasteiger partial charge in [-0.1, -0.05) is 36.4 Å². The number of carbonyl (C=O) groups excluding carboxylic acids is 1. The van der Waals surface area contributed by atoms with Crippen LogP contribution in [0.1, 0.15) is 16.7 Å². The smallest absolute Gasteiger partial charge is 0.240 e. The summed E-state index contributed by atoms with van der Waals surface area (Å²) in [4.78, 5) is 12.2. The lowest BCUT2D eigenvalue weighted by Crippen LogP contribution is -2.41. The molecule has 0 radical (unpaired) electrons. The number of nitrogens with one attached hydrogen (secondary N) is 1. The summed E-state index contributed by atoms with van der Waals surface area (Å²) in [6.07, 6.45) is 1.82. The molecule has 6 heteroatoms. The van der Waals surface area contributed by atoms with Crippen LogP contribution in [0.15, 0.2) is 48.5 Å². The van der Waals surface area contributed by atoms with E-state index in [9.17, 15) is 13.2 Å². The molecule has 0 atom stereocenters. The molecule has 2 aromatic carbocycles. The van der Waals surface area contributed by atoms with Crippen molar-refractivity contribution >= 4 is 21.6 Å². The number of benzene rings is 2. The van der Waals surface area contributed by atoms with Gasteiger partial charge in [0.15, 0.2) is 0 Å². The van der Waals surface area contributed by atoms with Gasteiger partial charge < -0.3 is 5.32 Å². The van der Waals surface area contributed by atoms with Gasteiger partial charge in [-0.15, -0.1) is 0 Å². The van der Waals surface area contributed by atoms with Crippen molar-refractivity contribution in [1.82, 2.24) is 5.32 Å². The summed E-state index contributed by atoms with van der Waals surface area (Å²) >= 11 is 0. The highest BCUT2D eigenvalue weighted by molar-refractivity contribution is 7.92. The fourth-order valence-electron chi connectivity index (χ4n) is 2.67. The first kappa shape index (κ1) is 19.0. The van der Waals surface area contributed by atoms with Crippen molar-refractivity contribution < 1.29 is 13.2 Å². The number of hydrogen-bond acceptors (Lipinski definition) is 3. The van der Waals surface area contributed by atoms with Crippen molar-refractivity contribution in [2.75, 3.05) is 23.7 Å². The van der Waals surface area contributed by atoms with Crippen LogP contribution in [0.3, 0.4) is 0 Å². The molecule has 0 aromatic heterocycles.